The Morgan fingerprint density at radius 3 is 3.06 bits per heavy atom. The molecule has 0 aliphatic heterocycles. The van der Waals surface area contributed by atoms with Crippen LogP contribution in [0.15, 0.2) is 35.8 Å². The molecule has 0 spiro atoms. The Morgan fingerprint density at radius 1 is 1.39 bits per heavy atom. The lowest BCUT2D eigenvalue weighted by atomic mass is 10.4. The van der Waals surface area contributed by atoms with Gasteiger partial charge in [-0.25, -0.2) is 4.98 Å². The van der Waals surface area contributed by atoms with Crippen molar-refractivity contribution in [2.24, 2.45) is 0 Å². The number of ether oxygens (including phenoxy) is 1. The Bertz CT molecular complexity index is 673. The number of anilines is 1. The largest absolute Gasteiger partial charge is 0.484 e. The number of hydrogen-bond donors (Lipinski definition) is 1. The predicted octanol–water partition coefficient (Wildman–Crippen LogP) is 2.87. The lowest BCUT2D eigenvalue weighted by molar-refractivity contribution is 0.312. The van der Waals surface area contributed by atoms with Gasteiger partial charge in [0.1, 0.15) is 12.4 Å². The lowest BCUT2D eigenvalue weighted by Gasteiger charge is -2.06. The predicted molar refractivity (Wildman–Crippen MR) is 73.0 cm³/mol. The highest BCUT2D eigenvalue weighted by Gasteiger charge is 2.09. The summed E-state index contributed by atoms with van der Waals surface area (Å²) in [6.07, 6.45) is 1.89. The molecular formula is C13H13N3OS. The molecule has 0 saturated heterocycles. The number of nitrogens with two attached hydrogens (primary N) is 1. The normalized spacial score (nSPS) is 10.9. The van der Waals surface area contributed by atoms with Gasteiger partial charge in [0.15, 0.2) is 11.4 Å². The molecule has 0 aliphatic carbocycles. The topological polar surface area (TPSA) is 52.5 Å². The minimum atomic E-state index is 0.559. The number of thiophene rings is 1. The minimum absolute atomic E-state index is 0.559. The van der Waals surface area contributed by atoms with Gasteiger partial charge in [0, 0.05) is 11.1 Å². The highest BCUT2D eigenvalue weighted by atomic mass is 32.1. The molecular weight excluding hydrogens is 246 g/mol. The molecule has 0 saturated carbocycles. The van der Waals surface area contributed by atoms with E-state index in [0.29, 0.717) is 12.4 Å². The van der Waals surface area contributed by atoms with E-state index in [0.717, 1.165) is 17.1 Å². The van der Waals surface area contributed by atoms with E-state index in [1.807, 2.05) is 41.1 Å². The van der Waals surface area contributed by atoms with Gasteiger partial charge in [0.05, 0.1) is 5.69 Å². The van der Waals surface area contributed by atoms with Gasteiger partial charge < -0.3 is 10.5 Å². The van der Waals surface area contributed by atoms with E-state index >= 15 is 0 Å². The van der Waals surface area contributed by atoms with Crippen LogP contribution in [0.3, 0.4) is 0 Å². The van der Waals surface area contributed by atoms with E-state index in [-0.39, 0.29) is 0 Å². The Labute approximate surface area is 109 Å². The van der Waals surface area contributed by atoms with Crippen molar-refractivity contribution in [1.82, 2.24) is 9.38 Å². The number of nitrogens with zero attached hydrogens (tertiary/aromatic N) is 2. The van der Waals surface area contributed by atoms with Crippen molar-refractivity contribution in [3.8, 4) is 5.75 Å². The monoisotopic (exact) mass is 259 g/mol. The van der Waals surface area contributed by atoms with Crippen LogP contribution in [0.2, 0.25) is 0 Å². The van der Waals surface area contributed by atoms with Crippen molar-refractivity contribution in [3.63, 3.8) is 0 Å². The summed E-state index contributed by atoms with van der Waals surface area (Å²) in [5.74, 6) is 1.41. The van der Waals surface area contributed by atoms with Crippen LogP contribution in [0.5, 0.6) is 5.75 Å². The second kappa shape index (κ2) is 4.34. The van der Waals surface area contributed by atoms with Crippen molar-refractivity contribution in [3.05, 3.63) is 46.4 Å². The lowest BCUT2D eigenvalue weighted by Crippen LogP contribution is -1.97. The first-order valence-electron chi connectivity index (χ1n) is 5.64. The van der Waals surface area contributed by atoms with Crippen molar-refractivity contribution >= 4 is 22.8 Å². The van der Waals surface area contributed by atoms with Crippen molar-refractivity contribution in [1.29, 1.82) is 0 Å². The molecule has 0 bridgehead atoms. The standard InChI is InChI=1S/C13H13N3OS/c1-9-12(14)16-6-2-5-11(13(16)15-9)17-8-10-4-3-7-18-10/h2-7H,8,14H2,1H3. The summed E-state index contributed by atoms with van der Waals surface area (Å²) in [4.78, 5) is 5.62. The molecule has 2 N–H and O–H groups in total. The van der Waals surface area contributed by atoms with Gasteiger partial charge in [-0.05, 0) is 30.5 Å². The maximum atomic E-state index is 5.94. The molecule has 3 aromatic heterocycles. The number of pyridine rings is 1. The molecule has 0 fully saturated rings. The van der Waals surface area contributed by atoms with E-state index in [4.69, 9.17) is 10.5 Å². The number of imidazole rings is 1. The zero-order valence-electron chi connectivity index (χ0n) is 9.96. The van der Waals surface area contributed by atoms with E-state index in [9.17, 15) is 0 Å². The van der Waals surface area contributed by atoms with Crippen LogP contribution < -0.4 is 10.5 Å². The molecule has 5 heteroatoms. The van der Waals surface area contributed by atoms with Gasteiger partial charge in [-0.2, -0.15) is 0 Å². The smallest absolute Gasteiger partial charge is 0.181 e. The molecule has 92 valence electrons. The molecule has 3 aromatic rings. The molecule has 18 heavy (non-hydrogen) atoms. The highest BCUT2D eigenvalue weighted by molar-refractivity contribution is 7.09. The van der Waals surface area contributed by atoms with E-state index < -0.39 is 0 Å². The number of nitrogen functional groups attached to an aromatic ring is 1. The average Bonchev–Trinajstić information content (AvgIpc) is 2.98. The van der Waals surface area contributed by atoms with Gasteiger partial charge in [-0.15, -0.1) is 11.3 Å². The summed E-state index contributed by atoms with van der Waals surface area (Å²) >= 11 is 1.68. The van der Waals surface area contributed by atoms with Crippen molar-refractivity contribution in [2.45, 2.75) is 13.5 Å². The summed E-state index contributed by atoms with van der Waals surface area (Å²) in [7, 11) is 0. The van der Waals surface area contributed by atoms with Crippen LogP contribution >= 0.6 is 11.3 Å². The van der Waals surface area contributed by atoms with Gasteiger partial charge in [0.25, 0.3) is 0 Å². The second-order valence-electron chi connectivity index (χ2n) is 4.02. The SMILES string of the molecule is Cc1nc2c(OCc3cccs3)cccn2c1N. The van der Waals surface area contributed by atoms with Crippen LogP contribution in [0.4, 0.5) is 5.82 Å². The van der Waals surface area contributed by atoms with Crippen LogP contribution in [0.1, 0.15) is 10.6 Å². The van der Waals surface area contributed by atoms with Crippen LogP contribution in [-0.2, 0) is 6.61 Å². The number of aromatic nitrogens is 2. The molecule has 0 atom stereocenters. The van der Waals surface area contributed by atoms with E-state index in [1.54, 1.807) is 11.3 Å². The Hall–Kier alpha value is -2.01. The van der Waals surface area contributed by atoms with Gasteiger partial charge in [-0.3, -0.25) is 4.40 Å². The number of aryl methyl sites for hydroxylation is 1. The quantitative estimate of drug-likeness (QED) is 0.787. The summed E-state index contributed by atoms with van der Waals surface area (Å²) in [6.45, 7) is 2.45. The zero-order chi connectivity index (χ0) is 12.5. The molecule has 0 amide bonds. The maximum absolute atomic E-state index is 5.94. The third-order valence-electron chi connectivity index (χ3n) is 2.79. The fourth-order valence-electron chi connectivity index (χ4n) is 1.83. The molecule has 0 aromatic carbocycles. The summed E-state index contributed by atoms with van der Waals surface area (Å²) in [5, 5.41) is 2.04. The van der Waals surface area contributed by atoms with Gasteiger partial charge in [-0.1, -0.05) is 6.07 Å². The molecule has 0 unspecified atom stereocenters. The van der Waals surface area contributed by atoms with E-state index in [2.05, 4.69) is 11.1 Å². The molecule has 4 nitrogen and oxygen atoms in total. The number of rotatable bonds is 3. The zero-order valence-corrected chi connectivity index (χ0v) is 10.8. The van der Waals surface area contributed by atoms with Crippen molar-refractivity contribution in [2.75, 3.05) is 5.73 Å². The van der Waals surface area contributed by atoms with Crippen LogP contribution in [-0.4, -0.2) is 9.38 Å². The molecule has 3 heterocycles. The fourth-order valence-corrected chi connectivity index (χ4v) is 2.45. The third-order valence-corrected chi connectivity index (χ3v) is 3.64. The van der Waals surface area contributed by atoms with Crippen LogP contribution in [0.25, 0.3) is 5.65 Å². The summed E-state index contributed by atoms with van der Waals surface area (Å²) in [6, 6.07) is 7.89. The number of hydrogen-bond acceptors (Lipinski definition) is 4. The molecule has 3 rings (SSSR count). The average molecular weight is 259 g/mol. The van der Waals surface area contributed by atoms with Gasteiger partial charge in [0.2, 0.25) is 0 Å². The Balaban J connectivity index is 1.94. The first-order valence-corrected chi connectivity index (χ1v) is 6.52. The molecule has 0 radical (unpaired) electrons. The summed E-state index contributed by atoms with van der Waals surface area (Å²) in [5.41, 5.74) is 7.53. The maximum Gasteiger partial charge on any atom is 0.181 e. The molecule has 0 aliphatic rings. The minimum Gasteiger partial charge on any atom is -0.484 e. The first-order chi connectivity index (χ1) is 8.75. The first kappa shape index (κ1) is 11.1. The Morgan fingerprint density at radius 2 is 2.28 bits per heavy atom. The second-order valence-corrected chi connectivity index (χ2v) is 5.05. The third kappa shape index (κ3) is 1.82. The fraction of sp³-hybridized carbons (Fsp3) is 0.154. The number of fused-ring (bicyclic) bond motifs is 1. The van der Waals surface area contributed by atoms with E-state index in [1.165, 1.54) is 4.88 Å². The Kier molecular flexibility index (Phi) is 2.68. The van der Waals surface area contributed by atoms with Gasteiger partial charge >= 0.3 is 0 Å². The van der Waals surface area contributed by atoms with Crippen molar-refractivity contribution < 1.29 is 4.74 Å². The summed E-state index contributed by atoms with van der Waals surface area (Å²) < 4.78 is 7.65. The van der Waals surface area contributed by atoms with Crippen LogP contribution in [0, 0.1) is 6.92 Å². The highest BCUT2D eigenvalue weighted by Crippen LogP contribution is 2.24.